The minimum absolute atomic E-state index is 0.0917. The molecule has 0 fully saturated rings. The number of aryl methyl sites for hydroxylation is 1. The quantitative estimate of drug-likeness (QED) is 0.932. The van der Waals surface area contributed by atoms with E-state index in [1.807, 2.05) is 13.0 Å². The van der Waals surface area contributed by atoms with Crippen LogP contribution in [0.3, 0.4) is 0 Å². The molecule has 0 saturated heterocycles. The minimum atomic E-state index is -3.70. The molecule has 0 atom stereocenters. The number of hydrogen-bond acceptors (Lipinski definition) is 4. The number of sulfonamides is 1. The molecule has 6 heteroatoms. The van der Waals surface area contributed by atoms with Gasteiger partial charge in [0.2, 0.25) is 10.0 Å². The zero-order valence-electron chi connectivity index (χ0n) is 12.8. The maximum absolute atomic E-state index is 11.4. The Morgan fingerprint density at radius 1 is 1.22 bits per heavy atom. The second-order valence-electron chi connectivity index (χ2n) is 5.40. The Kier molecular flexibility index (Phi) is 4.19. The number of benzene rings is 1. The van der Waals surface area contributed by atoms with Gasteiger partial charge in [0.05, 0.1) is 16.2 Å². The van der Waals surface area contributed by atoms with Crippen LogP contribution in [0.25, 0.3) is 16.7 Å². The summed E-state index contributed by atoms with van der Waals surface area (Å²) in [7, 11) is -3.70. The van der Waals surface area contributed by atoms with Crippen molar-refractivity contribution in [1.29, 1.82) is 0 Å². The summed E-state index contributed by atoms with van der Waals surface area (Å²) in [6.45, 7) is 2.01. The van der Waals surface area contributed by atoms with Crippen LogP contribution in [0.4, 0.5) is 0 Å². The van der Waals surface area contributed by atoms with E-state index in [9.17, 15) is 8.42 Å². The Hall–Kier alpha value is -2.18. The van der Waals surface area contributed by atoms with Crippen LogP contribution in [0, 0.1) is 0 Å². The van der Waals surface area contributed by atoms with Crippen molar-refractivity contribution in [3.05, 3.63) is 53.9 Å². The first kappa shape index (κ1) is 15.7. The highest BCUT2D eigenvalue weighted by molar-refractivity contribution is 7.89. The Morgan fingerprint density at radius 3 is 2.52 bits per heavy atom. The molecule has 0 unspecified atom stereocenters. The van der Waals surface area contributed by atoms with Crippen molar-refractivity contribution in [1.82, 2.24) is 5.16 Å². The van der Waals surface area contributed by atoms with Crippen LogP contribution in [0.15, 0.2) is 51.9 Å². The molecule has 2 N–H and O–H groups in total. The van der Waals surface area contributed by atoms with Crippen LogP contribution < -0.4 is 5.14 Å². The second kappa shape index (κ2) is 6.14. The normalized spacial score (nSPS) is 14.8. The smallest absolute Gasteiger partial charge is 0.238 e. The van der Waals surface area contributed by atoms with E-state index in [4.69, 9.17) is 9.66 Å². The van der Waals surface area contributed by atoms with Gasteiger partial charge in [-0.05, 0) is 37.0 Å². The SMILES string of the molecule is CCc1noc(C2=CCCC=C2)c1-c1ccc(S(N)(=O)=O)cc1. The maximum atomic E-state index is 11.4. The lowest BCUT2D eigenvalue weighted by atomic mass is 9.96. The van der Waals surface area contributed by atoms with Crippen LogP contribution in [-0.4, -0.2) is 13.6 Å². The highest BCUT2D eigenvalue weighted by Gasteiger charge is 2.20. The van der Waals surface area contributed by atoms with Crippen molar-refractivity contribution in [2.45, 2.75) is 31.1 Å². The third kappa shape index (κ3) is 3.13. The summed E-state index contributed by atoms with van der Waals surface area (Å²) in [6.07, 6.45) is 8.99. The monoisotopic (exact) mass is 330 g/mol. The summed E-state index contributed by atoms with van der Waals surface area (Å²) in [5.41, 5.74) is 3.63. The molecule has 0 bridgehead atoms. The summed E-state index contributed by atoms with van der Waals surface area (Å²) in [5, 5.41) is 9.32. The third-order valence-electron chi connectivity index (χ3n) is 3.83. The molecule has 2 aromatic rings. The van der Waals surface area contributed by atoms with Crippen molar-refractivity contribution in [2.24, 2.45) is 5.14 Å². The Balaban J connectivity index is 2.10. The van der Waals surface area contributed by atoms with Crippen LogP contribution in [0.2, 0.25) is 0 Å². The standard InChI is InChI=1S/C17H18N2O3S/c1-2-15-16(12-8-10-14(11-9-12)23(18,20)21)17(22-19-15)13-6-4-3-5-7-13/h4,6-11H,2-3,5H2,1H3,(H2,18,20,21). The van der Waals surface area contributed by atoms with E-state index in [2.05, 4.69) is 17.3 Å². The molecule has 120 valence electrons. The molecular formula is C17H18N2O3S. The van der Waals surface area contributed by atoms with Gasteiger partial charge in [-0.2, -0.15) is 0 Å². The van der Waals surface area contributed by atoms with Gasteiger partial charge in [-0.1, -0.05) is 42.4 Å². The Bertz CT molecular complexity index is 875. The topological polar surface area (TPSA) is 86.2 Å². The van der Waals surface area contributed by atoms with Crippen molar-refractivity contribution in [2.75, 3.05) is 0 Å². The van der Waals surface area contributed by atoms with E-state index in [-0.39, 0.29) is 4.90 Å². The average molecular weight is 330 g/mol. The maximum Gasteiger partial charge on any atom is 0.238 e. The van der Waals surface area contributed by atoms with Crippen molar-refractivity contribution in [3.63, 3.8) is 0 Å². The first-order chi connectivity index (χ1) is 11.0. The van der Waals surface area contributed by atoms with Gasteiger partial charge < -0.3 is 4.52 Å². The molecule has 1 aliphatic carbocycles. The van der Waals surface area contributed by atoms with Gasteiger partial charge in [-0.25, -0.2) is 13.6 Å². The molecule has 0 saturated carbocycles. The average Bonchev–Trinajstić information content (AvgIpc) is 2.99. The lowest BCUT2D eigenvalue weighted by Crippen LogP contribution is -2.11. The number of rotatable bonds is 4. The predicted molar refractivity (Wildman–Crippen MR) is 89.0 cm³/mol. The van der Waals surface area contributed by atoms with E-state index in [1.165, 1.54) is 12.1 Å². The van der Waals surface area contributed by atoms with Gasteiger partial charge in [0.15, 0.2) is 5.76 Å². The fourth-order valence-corrected chi connectivity index (χ4v) is 3.17. The lowest BCUT2D eigenvalue weighted by Gasteiger charge is -2.08. The highest BCUT2D eigenvalue weighted by atomic mass is 32.2. The fraction of sp³-hybridized carbons (Fsp3) is 0.235. The minimum Gasteiger partial charge on any atom is -0.355 e. The Morgan fingerprint density at radius 2 is 1.96 bits per heavy atom. The third-order valence-corrected chi connectivity index (χ3v) is 4.76. The summed E-state index contributed by atoms with van der Waals surface area (Å²) in [6, 6.07) is 6.49. The van der Waals surface area contributed by atoms with Gasteiger partial charge in [0.25, 0.3) is 0 Å². The van der Waals surface area contributed by atoms with Crippen LogP contribution in [0.5, 0.6) is 0 Å². The number of nitrogens with zero attached hydrogens (tertiary/aromatic N) is 1. The number of allylic oxidation sites excluding steroid dienone is 4. The molecule has 1 heterocycles. The van der Waals surface area contributed by atoms with E-state index >= 15 is 0 Å². The van der Waals surface area contributed by atoms with Gasteiger partial charge in [0.1, 0.15) is 0 Å². The van der Waals surface area contributed by atoms with Crippen molar-refractivity contribution >= 4 is 15.6 Å². The number of nitrogens with two attached hydrogens (primary N) is 1. The summed E-state index contributed by atoms with van der Waals surface area (Å²) >= 11 is 0. The largest absolute Gasteiger partial charge is 0.355 e. The number of hydrogen-bond donors (Lipinski definition) is 1. The zero-order valence-corrected chi connectivity index (χ0v) is 13.6. The lowest BCUT2D eigenvalue weighted by molar-refractivity contribution is 0.404. The molecule has 1 aromatic carbocycles. The van der Waals surface area contributed by atoms with Gasteiger partial charge in [-0.3, -0.25) is 0 Å². The first-order valence-corrected chi connectivity index (χ1v) is 9.04. The molecular weight excluding hydrogens is 312 g/mol. The summed E-state index contributed by atoms with van der Waals surface area (Å²) < 4.78 is 28.4. The van der Waals surface area contributed by atoms with Gasteiger partial charge in [-0.15, -0.1) is 0 Å². The van der Waals surface area contributed by atoms with Crippen molar-refractivity contribution in [3.8, 4) is 11.1 Å². The van der Waals surface area contributed by atoms with Crippen LogP contribution in [-0.2, 0) is 16.4 Å². The van der Waals surface area contributed by atoms with Crippen LogP contribution in [0.1, 0.15) is 31.2 Å². The molecule has 1 aromatic heterocycles. The molecule has 3 rings (SSSR count). The first-order valence-electron chi connectivity index (χ1n) is 7.49. The molecule has 5 nitrogen and oxygen atoms in total. The molecule has 0 amide bonds. The number of aromatic nitrogens is 1. The molecule has 0 spiro atoms. The molecule has 0 radical (unpaired) electrons. The van der Waals surface area contributed by atoms with E-state index in [0.29, 0.717) is 0 Å². The van der Waals surface area contributed by atoms with E-state index < -0.39 is 10.0 Å². The van der Waals surface area contributed by atoms with Gasteiger partial charge >= 0.3 is 0 Å². The highest BCUT2D eigenvalue weighted by Crippen LogP contribution is 2.35. The second-order valence-corrected chi connectivity index (χ2v) is 6.96. The zero-order chi connectivity index (χ0) is 16.4. The number of primary sulfonamides is 1. The Labute approximate surface area is 135 Å². The predicted octanol–water partition coefficient (Wildman–Crippen LogP) is 3.28. The van der Waals surface area contributed by atoms with E-state index in [1.54, 1.807) is 12.1 Å². The van der Waals surface area contributed by atoms with E-state index in [0.717, 1.165) is 47.4 Å². The molecule has 1 aliphatic rings. The van der Waals surface area contributed by atoms with Gasteiger partial charge in [0, 0.05) is 5.57 Å². The van der Waals surface area contributed by atoms with Crippen LogP contribution >= 0.6 is 0 Å². The van der Waals surface area contributed by atoms with Crippen molar-refractivity contribution < 1.29 is 12.9 Å². The summed E-state index contributed by atoms with van der Waals surface area (Å²) in [5.74, 6) is 0.723. The molecule has 0 aliphatic heterocycles. The summed E-state index contributed by atoms with van der Waals surface area (Å²) in [4.78, 5) is 0.0917. The fourth-order valence-electron chi connectivity index (χ4n) is 2.65. The molecule has 23 heavy (non-hydrogen) atoms.